The number of nitrogens with zero attached hydrogens (tertiary/aromatic N) is 1. The Balaban J connectivity index is 4.01. The van der Waals surface area contributed by atoms with Crippen molar-refractivity contribution in [3.05, 3.63) is 60.8 Å². The fraction of sp³-hybridized carbons (Fsp3) is 0.855. The number of unbranched alkanes of at least 4 members (excludes halogenated alkanes) is 48. The molecule has 0 aliphatic heterocycles. The Morgan fingerprint density at radius 1 is 0.412 bits per heavy atom. The van der Waals surface area contributed by atoms with Gasteiger partial charge in [0.25, 0.3) is 7.82 Å². The Labute approximate surface area is 530 Å². The molecule has 85 heavy (non-hydrogen) atoms. The van der Waals surface area contributed by atoms with E-state index in [1.54, 1.807) is 6.08 Å². The number of allylic oxidation sites excluding steroid dienone is 9. The van der Waals surface area contributed by atoms with Crippen LogP contribution in [0.2, 0.25) is 0 Å². The summed E-state index contributed by atoms with van der Waals surface area (Å²) in [6.45, 7) is 4.67. The number of aliphatic hydroxyl groups excluding tert-OH is 1. The first-order valence-corrected chi connectivity index (χ1v) is 38.6. The number of phosphoric acid groups is 1. The normalized spacial score (nSPS) is 13.9. The predicted octanol–water partition coefficient (Wildman–Crippen LogP) is 23.3. The summed E-state index contributed by atoms with van der Waals surface area (Å²) in [6.07, 6.45) is 92.2. The summed E-state index contributed by atoms with van der Waals surface area (Å²) in [6, 6.07) is -0.905. The number of quaternary nitrogens is 1. The highest BCUT2D eigenvalue weighted by Gasteiger charge is 2.23. The van der Waals surface area contributed by atoms with E-state index in [1.807, 2.05) is 27.2 Å². The van der Waals surface area contributed by atoms with Crippen LogP contribution in [0.25, 0.3) is 0 Å². The minimum atomic E-state index is -4.61. The van der Waals surface area contributed by atoms with Crippen LogP contribution in [-0.2, 0) is 18.4 Å². The van der Waals surface area contributed by atoms with Gasteiger partial charge in [0.1, 0.15) is 13.2 Å². The summed E-state index contributed by atoms with van der Waals surface area (Å²) in [5, 5.41) is 14.0. The van der Waals surface area contributed by atoms with Gasteiger partial charge in [-0.25, -0.2) is 0 Å². The van der Waals surface area contributed by atoms with E-state index in [9.17, 15) is 19.4 Å². The Bertz CT molecular complexity index is 1570. The summed E-state index contributed by atoms with van der Waals surface area (Å²) in [4.78, 5) is 25.6. The molecule has 0 fully saturated rings. The van der Waals surface area contributed by atoms with Crippen LogP contribution < -0.4 is 10.2 Å². The fourth-order valence-electron chi connectivity index (χ4n) is 11.2. The molecule has 2 N–H and O–H groups in total. The molecule has 3 unspecified atom stereocenters. The van der Waals surface area contributed by atoms with Crippen LogP contribution in [0.1, 0.15) is 367 Å². The summed E-state index contributed by atoms with van der Waals surface area (Å²) in [5.74, 6) is -0.201. The van der Waals surface area contributed by atoms with Gasteiger partial charge < -0.3 is 28.8 Å². The van der Waals surface area contributed by atoms with E-state index in [0.717, 1.165) is 51.4 Å². The van der Waals surface area contributed by atoms with Crippen molar-refractivity contribution in [3.8, 4) is 0 Å². The highest BCUT2D eigenvalue weighted by Crippen LogP contribution is 2.38. The quantitative estimate of drug-likeness (QED) is 0.0272. The van der Waals surface area contributed by atoms with Crippen molar-refractivity contribution in [2.75, 3.05) is 40.9 Å². The molecular formula is C76H145N2O6P. The van der Waals surface area contributed by atoms with Gasteiger partial charge in [-0.3, -0.25) is 9.36 Å². The smallest absolute Gasteiger partial charge is 0.268 e. The van der Waals surface area contributed by atoms with Gasteiger partial charge >= 0.3 is 0 Å². The lowest BCUT2D eigenvalue weighted by Crippen LogP contribution is -2.45. The number of hydrogen-bond donors (Lipinski definition) is 2. The van der Waals surface area contributed by atoms with Crippen molar-refractivity contribution < 1.29 is 32.9 Å². The summed E-state index contributed by atoms with van der Waals surface area (Å²) >= 11 is 0. The minimum Gasteiger partial charge on any atom is -0.756 e. The van der Waals surface area contributed by atoms with Crippen molar-refractivity contribution in [3.63, 3.8) is 0 Å². The zero-order valence-corrected chi connectivity index (χ0v) is 58.2. The van der Waals surface area contributed by atoms with Gasteiger partial charge in [0.2, 0.25) is 5.91 Å². The summed E-state index contributed by atoms with van der Waals surface area (Å²) < 4.78 is 23.5. The monoisotopic (exact) mass is 1210 g/mol. The maximum atomic E-state index is 13.0. The first-order chi connectivity index (χ1) is 41.5. The highest BCUT2D eigenvalue weighted by molar-refractivity contribution is 7.45. The van der Waals surface area contributed by atoms with Gasteiger partial charge in [-0.15, -0.1) is 0 Å². The number of hydrogen-bond acceptors (Lipinski definition) is 6. The topological polar surface area (TPSA) is 108 Å². The molecule has 0 rings (SSSR count). The fourth-order valence-corrected chi connectivity index (χ4v) is 11.9. The molecule has 0 heterocycles. The SMILES string of the molecule is CCCCCCC/C=C\C/C=C\C/C=C\CCCCCCCCCCCCCCCCCCCCCCCCC(=O)NC(COP(=O)([O-])OCC[N+](C)(C)C)C(O)/C=C/CC/C=C/CCCCCCCCCCCCCCCCCCCCCC. The molecule has 8 nitrogen and oxygen atoms in total. The molecule has 0 spiro atoms. The van der Waals surface area contributed by atoms with E-state index < -0.39 is 26.6 Å². The number of phosphoric ester groups is 1. The Kier molecular flexibility index (Phi) is 65.2. The van der Waals surface area contributed by atoms with Gasteiger partial charge in [0.05, 0.1) is 39.9 Å². The molecule has 1 amide bonds. The van der Waals surface area contributed by atoms with Crippen molar-refractivity contribution in [2.45, 2.75) is 379 Å². The second-order valence-corrected chi connectivity index (χ2v) is 28.1. The summed E-state index contributed by atoms with van der Waals surface area (Å²) in [7, 11) is 1.26. The average molecular weight is 1210 g/mol. The average Bonchev–Trinajstić information content (AvgIpc) is 3.49. The molecule has 0 bridgehead atoms. The third-order valence-electron chi connectivity index (χ3n) is 16.9. The summed E-state index contributed by atoms with van der Waals surface area (Å²) in [5.41, 5.74) is 0. The van der Waals surface area contributed by atoms with E-state index in [0.29, 0.717) is 17.4 Å². The Morgan fingerprint density at radius 2 is 0.694 bits per heavy atom. The van der Waals surface area contributed by atoms with Crippen LogP contribution in [0.3, 0.4) is 0 Å². The molecule has 0 aliphatic rings. The van der Waals surface area contributed by atoms with Crippen LogP contribution in [0.5, 0.6) is 0 Å². The number of carbonyl (C=O) groups excluding carboxylic acids is 1. The Morgan fingerprint density at radius 3 is 1.04 bits per heavy atom. The van der Waals surface area contributed by atoms with E-state index in [4.69, 9.17) is 9.05 Å². The van der Waals surface area contributed by atoms with Crippen molar-refractivity contribution in [1.82, 2.24) is 5.32 Å². The van der Waals surface area contributed by atoms with Crippen LogP contribution >= 0.6 is 7.82 Å². The second kappa shape index (κ2) is 66.6. The lowest BCUT2D eigenvalue weighted by molar-refractivity contribution is -0.870. The van der Waals surface area contributed by atoms with E-state index >= 15 is 0 Å². The van der Waals surface area contributed by atoms with E-state index in [-0.39, 0.29) is 12.5 Å². The molecule has 0 saturated carbocycles. The standard InChI is InChI=1S/C76H145N2O6P/c1-6-8-10-12-14-16-18-20-22-24-26-28-30-32-34-35-36-37-38-39-40-41-42-43-44-46-48-50-52-54-56-58-60-62-64-66-68-70-76(80)77-74(73-84-85(81,82)83-72-71-78(3,4)5)75(79)69-67-65-63-61-59-57-55-53-51-49-47-45-33-31-29-27-25-23-21-19-17-15-13-11-9-7-2/h18,20,24,26,30,32,59,61,67,69,74-75,79H,6-17,19,21-23,25,27-29,31,33-58,60,62-66,68,70-73H2,1-5H3,(H-,77,80,81,82)/b20-18-,26-24-,32-30-,61-59+,69-67+. The molecule has 0 aliphatic carbocycles. The largest absolute Gasteiger partial charge is 0.756 e. The third kappa shape index (κ3) is 69.5. The molecule has 500 valence electrons. The van der Waals surface area contributed by atoms with Crippen molar-refractivity contribution in [2.24, 2.45) is 0 Å². The minimum absolute atomic E-state index is 0.00562. The molecule has 9 heteroatoms. The molecule has 0 radical (unpaired) electrons. The zero-order valence-electron chi connectivity index (χ0n) is 57.3. The van der Waals surface area contributed by atoms with Crippen molar-refractivity contribution >= 4 is 13.7 Å². The number of carbonyl (C=O) groups is 1. The molecule has 0 aromatic carbocycles. The molecule has 0 aromatic rings. The van der Waals surface area contributed by atoms with Gasteiger partial charge in [-0.2, -0.15) is 0 Å². The molecule has 0 aromatic heterocycles. The molecular weight excluding hydrogens is 1070 g/mol. The lowest BCUT2D eigenvalue weighted by Gasteiger charge is -2.29. The molecule has 0 saturated heterocycles. The van der Waals surface area contributed by atoms with Gasteiger partial charge in [-0.05, 0) is 70.6 Å². The van der Waals surface area contributed by atoms with E-state index in [1.165, 1.54) is 295 Å². The highest BCUT2D eigenvalue weighted by atomic mass is 31.2. The van der Waals surface area contributed by atoms with Gasteiger partial charge in [-0.1, -0.05) is 351 Å². The first-order valence-electron chi connectivity index (χ1n) is 37.2. The van der Waals surface area contributed by atoms with Crippen LogP contribution in [-0.4, -0.2) is 68.5 Å². The number of nitrogens with one attached hydrogen (secondary N) is 1. The molecule has 3 atom stereocenters. The number of aliphatic hydroxyl groups is 1. The maximum absolute atomic E-state index is 13.0. The number of rotatable bonds is 69. The van der Waals surface area contributed by atoms with Crippen LogP contribution in [0.4, 0.5) is 0 Å². The van der Waals surface area contributed by atoms with E-state index in [2.05, 4.69) is 67.8 Å². The Hall–Kier alpha value is -1.80. The number of amides is 1. The van der Waals surface area contributed by atoms with Crippen LogP contribution in [0.15, 0.2) is 60.8 Å². The predicted molar refractivity (Wildman–Crippen MR) is 371 cm³/mol. The first kappa shape index (κ1) is 83.2. The number of likely N-dealkylation sites (N-methyl/N-ethyl adjacent to an activating group) is 1. The van der Waals surface area contributed by atoms with Crippen molar-refractivity contribution in [1.29, 1.82) is 0 Å². The maximum Gasteiger partial charge on any atom is 0.268 e. The third-order valence-corrected chi connectivity index (χ3v) is 17.9. The zero-order chi connectivity index (χ0) is 61.9. The van der Waals surface area contributed by atoms with Gasteiger partial charge in [0, 0.05) is 6.42 Å². The van der Waals surface area contributed by atoms with Gasteiger partial charge in [0.15, 0.2) is 0 Å². The van der Waals surface area contributed by atoms with Crippen LogP contribution in [0, 0.1) is 0 Å². The second-order valence-electron chi connectivity index (χ2n) is 26.6. The lowest BCUT2D eigenvalue weighted by atomic mass is 10.0.